The number of carbonyl (C=O) groups excluding carboxylic acids is 1. The van der Waals surface area contributed by atoms with Gasteiger partial charge in [-0.05, 0) is 62.3 Å². The Morgan fingerprint density at radius 1 is 1.17 bits per heavy atom. The topological polar surface area (TPSA) is 35.6 Å². The van der Waals surface area contributed by atoms with Crippen molar-refractivity contribution in [2.75, 3.05) is 38.6 Å². The van der Waals surface area contributed by atoms with E-state index < -0.39 is 11.7 Å². The molecule has 160 valence electrons. The van der Waals surface area contributed by atoms with Gasteiger partial charge in [0, 0.05) is 37.1 Å². The summed E-state index contributed by atoms with van der Waals surface area (Å²) in [6, 6.07) is 13.1. The van der Waals surface area contributed by atoms with Crippen molar-refractivity contribution in [1.82, 2.24) is 10.2 Å². The Kier molecular flexibility index (Phi) is 6.82. The summed E-state index contributed by atoms with van der Waals surface area (Å²) in [5.74, 6) is 0.00480. The molecule has 0 aliphatic carbocycles. The highest BCUT2D eigenvalue weighted by atomic mass is 19.4. The lowest BCUT2D eigenvalue weighted by molar-refractivity contribution is -0.137. The highest BCUT2D eigenvalue weighted by Gasteiger charge is 2.31. The van der Waals surface area contributed by atoms with E-state index in [1.807, 2.05) is 48.2 Å². The Morgan fingerprint density at radius 3 is 2.53 bits per heavy atom. The summed E-state index contributed by atoms with van der Waals surface area (Å²) in [6.45, 7) is 1.80. The van der Waals surface area contributed by atoms with Crippen molar-refractivity contribution in [3.05, 3.63) is 71.8 Å². The summed E-state index contributed by atoms with van der Waals surface area (Å²) in [5, 5.41) is 2.94. The number of amides is 1. The molecule has 4 nitrogen and oxygen atoms in total. The zero-order valence-electron chi connectivity index (χ0n) is 17.1. The highest BCUT2D eigenvalue weighted by molar-refractivity contribution is 5.87. The summed E-state index contributed by atoms with van der Waals surface area (Å²) in [6.07, 6.45) is -0.218. The zero-order chi connectivity index (χ0) is 21.7. The largest absolute Gasteiger partial charge is 0.416 e. The number of anilines is 2. The number of likely N-dealkylation sites (N-methyl/N-ethyl adjacent to an activating group) is 1. The van der Waals surface area contributed by atoms with Gasteiger partial charge < -0.3 is 15.1 Å². The molecule has 30 heavy (non-hydrogen) atoms. The third-order valence-electron chi connectivity index (χ3n) is 5.04. The van der Waals surface area contributed by atoms with Crippen LogP contribution in [0.3, 0.4) is 0 Å². The quantitative estimate of drug-likeness (QED) is 0.714. The lowest BCUT2D eigenvalue weighted by Gasteiger charge is -2.36. The number of alkyl halides is 3. The van der Waals surface area contributed by atoms with Crippen molar-refractivity contribution in [2.24, 2.45) is 5.92 Å². The fraction of sp³-hybridized carbons (Fsp3) is 0.348. The maximum absolute atomic E-state index is 12.9. The number of nitrogens with one attached hydrogen (secondary N) is 1. The molecule has 1 amide bonds. The van der Waals surface area contributed by atoms with E-state index in [4.69, 9.17) is 0 Å². The van der Waals surface area contributed by atoms with E-state index in [0.717, 1.165) is 29.8 Å². The number of nitrogens with zero attached hydrogens (tertiary/aromatic N) is 2. The molecule has 1 heterocycles. The predicted octanol–water partition coefficient (Wildman–Crippen LogP) is 4.25. The molecule has 0 spiro atoms. The van der Waals surface area contributed by atoms with Gasteiger partial charge in [-0.2, -0.15) is 13.2 Å². The van der Waals surface area contributed by atoms with Gasteiger partial charge in [0.2, 0.25) is 5.91 Å². The number of hydrogen-bond acceptors (Lipinski definition) is 3. The molecule has 1 aliphatic heterocycles. The van der Waals surface area contributed by atoms with E-state index in [2.05, 4.69) is 5.32 Å². The smallest absolute Gasteiger partial charge is 0.352 e. The van der Waals surface area contributed by atoms with Crippen LogP contribution in [0.15, 0.2) is 60.7 Å². The number of carbonyl (C=O) groups is 1. The Hall–Kier alpha value is -2.80. The second-order valence-electron chi connectivity index (χ2n) is 7.76. The molecule has 0 bridgehead atoms. The van der Waals surface area contributed by atoms with Gasteiger partial charge in [0.05, 0.1) is 5.56 Å². The second kappa shape index (κ2) is 9.34. The van der Waals surface area contributed by atoms with Gasteiger partial charge in [0.25, 0.3) is 0 Å². The van der Waals surface area contributed by atoms with Crippen molar-refractivity contribution in [2.45, 2.75) is 12.6 Å². The minimum Gasteiger partial charge on any atom is -0.352 e. The number of para-hydroxylation sites is 1. The molecule has 3 rings (SSSR count). The molecular weight excluding hydrogens is 391 g/mol. The van der Waals surface area contributed by atoms with Crippen molar-refractivity contribution >= 4 is 17.3 Å². The van der Waals surface area contributed by atoms with Crippen LogP contribution >= 0.6 is 0 Å². The first-order valence-electron chi connectivity index (χ1n) is 9.86. The molecule has 7 heteroatoms. The number of halogens is 3. The molecule has 0 fully saturated rings. The van der Waals surface area contributed by atoms with E-state index in [1.54, 1.807) is 6.08 Å². The monoisotopic (exact) mass is 417 g/mol. The SMILES string of the molecule is CN(C)C/C=C/C(=O)NCC1Cc2ccccc2N(c2ccc(C(F)(F)F)cc2)C1. The van der Waals surface area contributed by atoms with Crippen LogP contribution in [0.5, 0.6) is 0 Å². The van der Waals surface area contributed by atoms with E-state index in [1.165, 1.54) is 18.2 Å². The molecule has 2 aromatic carbocycles. The molecule has 1 N–H and O–H groups in total. The molecular formula is C23H26F3N3O. The van der Waals surface area contributed by atoms with Crippen LogP contribution in [0.2, 0.25) is 0 Å². The van der Waals surface area contributed by atoms with Crippen molar-refractivity contribution < 1.29 is 18.0 Å². The summed E-state index contributed by atoms with van der Waals surface area (Å²) in [7, 11) is 3.86. The van der Waals surface area contributed by atoms with Crippen LogP contribution in [-0.2, 0) is 17.4 Å². The van der Waals surface area contributed by atoms with Gasteiger partial charge in [-0.25, -0.2) is 0 Å². The molecule has 0 aromatic heterocycles. The van der Waals surface area contributed by atoms with Crippen LogP contribution in [0.1, 0.15) is 11.1 Å². The minimum absolute atomic E-state index is 0.142. The molecule has 1 aliphatic rings. The fourth-order valence-corrected chi connectivity index (χ4v) is 3.56. The predicted molar refractivity (Wildman–Crippen MR) is 113 cm³/mol. The number of hydrogen-bond donors (Lipinski definition) is 1. The average Bonchev–Trinajstić information content (AvgIpc) is 2.71. The van der Waals surface area contributed by atoms with Crippen molar-refractivity contribution in [1.29, 1.82) is 0 Å². The molecule has 0 saturated heterocycles. The van der Waals surface area contributed by atoms with Crippen LogP contribution < -0.4 is 10.2 Å². The third-order valence-corrected chi connectivity index (χ3v) is 5.04. The number of rotatable bonds is 6. The highest BCUT2D eigenvalue weighted by Crippen LogP contribution is 2.37. The van der Waals surface area contributed by atoms with Crippen molar-refractivity contribution in [3.63, 3.8) is 0 Å². The average molecular weight is 417 g/mol. The Morgan fingerprint density at radius 2 is 1.87 bits per heavy atom. The number of benzene rings is 2. The Bertz CT molecular complexity index is 891. The van der Waals surface area contributed by atoms with Gasteiger partial charge in [-0.15, -0.1) is 0 Å². The minimum atomic E-state index is -4.36. The maximum Gasteiger partial charge on any atom is 0.416 e. The van der Waals surface area contributed by atoms with Crippen LogP contribution in [-0.4, -0.2) is 44.5 Å². The van der Waals surface area contributed by atoms with Crippen LogP contribution in [0.4, 0.5) is 24.5 Å². The Balaban J connectivity index is 1.73. The molecule has 0 radical (unpaired) electrons. The standard InChI is InChI=1S/C23H26F3N3O/c1-28(2)13-5-8-22(30)27-15-17-14-18-6-3-4-7-21(18)29(16-17)20-11-9-19(10-12-20)23(24,25)26/h3-12,17H,13-16H2,1-2H3,(H,27,30)/b8-5+. The van der Waals surface area contributed by atoms with Gasteiger partial charge in [-0.3, -0.25) is 4.79 Å². The molecule has 0 saturated carbocycles. The van der Waals surface area contributed by atoms with E-state index in [0.29, 0.717) is 25.3 Å². The molecule has 1 unspecified atom stereocenters. The lowest BCUT2D eigenvalue weighted by atomic mass is 9.91. The van der Waals surface area contributed by atoms with Gasteiger partial charge in [0.15, 0.2) is 0 Å². The second-order valence-corrected chi connectivity index (χ2v) is 7.76. The first kappa shape index (κ1) is 21.9. The van der Waals surface area contributed by atoms with Crippen molar-refractivity contribution in [3.8, 4) is 0 Å². The van der Waals surface area contributed by atoms with E-state index in [9.17, 15) is 18.0 Å². The third kappa shape index (κ3) is 5.63. The number of fused-ring (bicyclic) bond motifs is 1. The summed E-state index contributed by atoms with van der Waals surface area (Å²) in [5.41, 5.74) is 2.15. The normalized spacial score (nSPS) is 16.7. The van der Waals surface area contributed by atoms with Crippen LogP contribution in [0.25, 0.3) is 0 Å². The van der Waals surface area contributed by atoms with Crippen LogP contribution in [0, 0.1) is 5.92 Å². The van der Waals surface area contributed by atoms with E-state index in [-0.39, 0.29) is 11.8 Å². The fourth-order valence-electron chi connectivity index (χ4n) is 3.56. The summed E-state index contributed by atoms with van der Waals surface area (Å²) in [4.78, 5) is 16.0. The van der Waals surface area contributed by atoms with Gasteiger partial charge in [-0.1, -0.05) is 24.3 Å². The lowest BCUT2D eigenvalue weighted by Crippen LogP contribution is -2.39. The molecule has 1 atom stereocenters. The maximum atomic E-state index is 12.9. The summed E-state index contributed by atoms with van der Waals surface area (Å²) < 4.78 is 38.7. The van der Waals surface area contributed by atoms with Gasteiger partial charge in [0.1, 0.15) is 0 Å². The first-order valence-corrected chi connectivity index (χ1v) is 9.86. The summed E-state index contributed by atoms with van der Waals surface area (Å²) >= 11 is 0. The van der Waals surface area contributed by atoms with E-state index >= 15 is 0 Å². The zero-order valence-corrected chi connectivity index (χ0v) is 17.1. The molecule has 2 aromatic rings. The van der Waals surface area contributed by atoms with Gasteiger partial charge >= 0.3 is 6.18 Å². The first-order chi connectivity index (χ1) is 14.2. The Labute approximate surface area is 175 Å².